The minimum absolute atomic E-state index is 0.0347. The highest BCUT2D eigenvalue weighted by molar-refractivity contribution is 7.89. The van der Waals surface area contributed by atoms with Crippen molar-refractivity contribution in [2.24, 2.45) is 0 Å². The van der Waals surface area contributed by atoms with E-state index in [-0.39, 0.29) is 22.4 Å². The third kappa shape index (κ3) is 5.47. The Morgan fingerprint density at radius 3 is 2.41 bits per heavy atom. The minimum Gasteiger partial charge on any atom is -0.489 e. The number of anilines is 1. The first kappa shape index (κ1) is 26.6. The fourth-order valence-electron chi connectivity index (χ4n) is 4.52. The summed E-state index contributed by atoms with van der Waals surface area (Å²) in [6.45, 7) is 5.55. The van der Waals surface area contributed by atoms with E-state index in [2.05, 4.69) is 10.6 Å². The molecule has 0 bridgehead atoms. The fraction of sp³-hybridized carbons (Fsp3) is 0.423. The van der Waals surface area contributed by atoms with Crippen LogP contribution in [0.1, 0.15) is 45.6 Å². The highest BCUT2D eigenvalue weighted by Gasteiger charge is 2.49. The van der Waals surface area contributed by atoms with Gasteiger partial charge in [-0.3, -0.25) is 14.5 Å². The predicted octanol–water partition coefficient (Wildman–Crippen LogP) is 3.05. The normalized spacial score (nSPS) is 20.7. The van der Waals surface area contributed by atoms with E-state index in [1.807, 2.05) is 13.8 Å². The van der Waals surface area contributed by atoms with Gasteiger partial charge in [-0.15, -0.1) is 0 Å². The lowest BCUT2D eigenvalue weighted by Gasteiger charge is -2.26. The molecule has 0 unspecified atom stereocenters. The second-order valence-electron chi connectivity index (χ2n) is 9.65. The average Bonchev–Trinajstić information content (AvgIpc) is 3.09. The van der Waals surface area contributed by atoms with Crippen LogP contribution in [0.25, 0.3) is 0 Å². The monoisotopic (exact) mass is 528 g/mol. The van der Waals surface area contributed by atoms with Gasteiger partial charge in [-0.1, -0.05) is 36.8 Å². The molecule has 2 heterocycles. The molecule has 10 nitrogen and oxygen atoms in total. The van der Waals surface area contributed by atoms with Crippen molar-refractivity contribution in [1.82, 2.24) is 14.5 Å². The highest BCUT2D eigenvalue weighted by Crippen LogP contribution is 2.32. The van der Waals surface area contributed by atoms with E-state index in [4.69, 9.17) is 4.74 Å². The Balaban J connectivity index is 1.56. The number of ether oxygens (including phenoxy) is 1. The number of benzene rings is 2. The Labute approximate surface area is 217 Å². The summed E-state index contributed by atoms with van der Waals surface area (Å²) >= 11 is 0. The highest BCUT2D eigenvalue weighted by atomic mass is 32.2. The topological polar surface area (TPSA) is 125 Å². The molecule has 2 aromatic rings. The zero-order chi connectivity index (χ0) is 26.8. The molecule has 11 heteroatoms. The Morgan fingerprint density at radius 2 is 1.76 bits per heavy atom. The summed E-state index contributed by atoms with van der Waals surface area (Å²) in [5.74, 6) is -0.937. The van der Waals surface area contributed by atoms with Crippen LogP contribution in [-0.2, 0) is 25.2 Å². The molecule has 2 aliphatic rings. The summed E-state index contributed by atoms with van der Waals surface area (Å²) < 4.78 is 33.6. The van der Waals surface area contributed by atoms with Gasteiger partial charge in [-0.05, 0) is 57.4 Å². The molecule has 37 heavy (non-hydrogen) atoms. The standard InChI is InChI=1S/C26H32N4O6S/c1-18(2)36-22-13-12-20(37(34,35)29-14-8-5-9-15-29)16-21(22)27-23(31)17-30-24(32)26(3,28-25(30)33)19-10-6-4-7-11-19/h4,6-7,10-13,16,18H,5,8-9,14-15,17H2,1-3H3,(H,27,31)(H,28,33)/t26-/m1/s1. The number of imide groups is 1. The summed E-state index contributed by atoms with van der Waals surface area (Å²) in [5, 5.41) is 5.31. The molecule has 0 radical (unpaired) electrons. The minimum atomic E-state index is -3.75. The number of sulfonamides is 1. The van der Waals surface area contributed by atoms with E-state index in [0.29, 0.717) is 18.7 Å². The number of urea groups is 1. The molecule has 0 spiro atoms. The third-order valence-corrected chi connectivity index (χ3v) is 8.36. The number of hydrogen-bond donors (Lipinski definition) is 2. The first-order valence-electron chi connectivity index (χ1n) is 12.3. The molecule has 0 aromatic heterocycles. The zero-order valence-corrected chi connectivity index (χ0v) is 22.0. The van der Waals surface area contributed by atoms with E-state index < -0.39 is 40.0 Å². The summed E-state index contributed by atoms with van der Waals surface area (Å²) in [5.41, 5.74) is -0.554. The first-order valence-corrected chi connectivity index (χ1v) is 13.8. The van der Waals surface area contributed by atoms with Crippen molar-refractivity contribution in [2.75, 3.05) is 25.0 Å². The molecule has 1 atom stereocenters. The number of carbonyl (C=O) groups is 3. The quantitative estimate of drug-likeness (QED) is 0.508. The molecule has 0 saturated carbocycles. The fourth-order valence-corrected chi connectivity index (χ4v) is 6.06. The van der Waals surface area contributed by atoms with Crippen molar-refractivity contribution in [3.8, 4) is 5.75 Å². The Bertz CT molecular complexity index is 1290. The van der Waals surface area contributed by atoms with Crippen LogP contribution >= 0.6 is 0 Å². The maximum atomic E-state index is 13.2. The second-order valence-corrected chi connectivity index (χ2v) is 11.6. The van der Waals surface area contributed by atoms with Crippen LogP contribution in [-0.4, -0.2) is 61.2 Å². The van der Waals surface area contributed by atoms with Crippen LogP contribution in [0, 0.1) is 0 Å². The lowest BCUT2D eigenvalue weighted by Crippen LogP contribution is -2.42. The number of rotatable bonds is 8. The van der Waals surface area contributed by atoms with Gasteiger partial charge in [0.25, 0.3) is 5.91 Å². The van der Waals surface area contributed by atoms with Crippen molar-refractivity contribution in [3.05, 3.63) is 54.1 Å². The number of carbonyl (C=O) groups excluding carboxylic acids is 3. The molecule has 4 amide bonds. The van der Waals surface area contributed by atoms with E-state index in [1.165, 1.54) is 22.5 Å². The van der Waals surface area contributed by atoms with Crippen LogP contribution < -0.4 is 15.4 Å². The number of hydrogen-bond acceptors (Lipinski definition) is 6. The molecule has 2 N–H and O–H groups in total. The van der Waals surface area contributed by atoms with Gasteiger partial charge in [0.05, 0.1) is 16.7 Å². The Kier molecular flexibility index (Phi) is 7.56. The first-order chi connectivity index (χ1) is 17.5. The molecule has 2 aliphatic heterocycles. The maximum absolute atomic E-state index is 13.2. The van der Waals surface area contributed by atoms with Gasteiger partial charge in [0.15, 0.2) is 0 Å². The van der Waals surface area contributed by atoms with Gasteiger partial charge in [0, 0.05) is 13.1 Å². The van der Waals surface area contributed by atoms with E-state index in [9.17, 15) is 22.8 Å². The van der Waals surface area contributed by atoms with E-state index in [0.717, 1.165) is 24.2 Å². The average molecular weight is 529 g/mol. The molecule has 198 valence electrons. The van der Waals surface area contributed by atoms with Crippen molar-refractivity contribution in [3.63, 3.8) is 0 Å². The van der Waals surface area contributed by atoms with Gasteiger partial charge in [-0.25, -0.2) is 13.2 Å². The largest absolute Gasteiger partial charge is 0.489 e. The lowest BCUT2D eigenvalue weighted by atomic mass is 9.92. The van der Waals surface area contributed by atoms with E-state index >= 15 is 0 Å². The van der Waals surface area contributed by atoms with Crippen molar-refractivity contribution >= 4 is 33.6 Å². The number of amides is 4. The Hall–Kier alpha value is -3.44. The van der Waals surface area contributed by atoms with E-state index in [1.54, 1.807) is 37.3 Å². The number of nitrogens with zero attached hydrogens (tertiary/aromatic N) is 2. The SMILES string of the molecule is CC(C)Oc1ccc(S(=O)(=O)N2CCCCC2)cc1NC(=O)CN1C(=O)N[C@](C)(c2ccccc2)C1=O. The number of piperidine rings is 1. The molecule has 2 saturated heterocycles. The lowest BCUT2D eigenvalue weighted by molar-refractivity contribution is -0.133. The molecule has 4 rings (SSSR count). The molecular weight excluding hydrogens is 496 g/mol. The van der Waals surface area contributed by atoms with Gasteiger partial charge in [0.2, 0.25) is 15.9 Å². The van der Waals surface area contributed by atoms with Crippen LogP contribution in [0.5, 0.6) is 5.75 Å². The van der Waals surface area contributed by atoms with Crippen LogP contribution in [0.15, 0.2) is 53.4 Å². The molecule has 2 aromatic carbocycles. The van der Waals surface area contributed by atoms with Gasteiger partial charge in [-0.2, -0.15) is 4.31 Å². The van der Waals surface area contributed by atoms with Crippen LogP contribution in [0.2, 0.25) is 0 Å². The Morgan fingerprint density at radius 1 is 1.08 bits per heavy atom. The molecule has 2 fully saturated rings. The summed E-state index contributed by atoms with van der Waals surface area (Å²) in [7, 11) is -3.75. The predicted molar refractivity (Wildman–Crippen MR) is 137 cm³/mol. The summed E-state index contributed by atoms with van der Waals surface area (Å²) in [4.78, 5) is 39.7. The third-order valence-electron chi connectivity index (χ3n) is 6.47. The van der Waals surface area contributed by atoms with Crippen molar-refractivity contribution in [1.29, 1.82) is 0 Å². The second kappa shape index (κ2) is 10.5. The van der Waals surface area contributed by atoms with Gasteiger partial charge >= 0.3 is 6.03 Å². The smallest absolute Gasteiger partial charge is 0.325 e. The van der Waals surface area contributed by atoms with Crippen molar-refractivity contribution < 1.29 is 27.5 Å². The molecule has 0 aliphatic carbocycles. The summed E-state index contributed by atoms with van der Waals surface area (Å²) in [6, 6.07) is 12.4. The van der Waals surface area contributed by atoms with Crippen LogP contribution in [0.3, 0.4) is 0 Å². The van der Waals surface area contributed by atoms with Gasteiger partial charge in [0.1, 0.15) is 17.8 Å². The van der Waals surface area contributed by atoms with Crippen LogP contribution in [0.4, 0.5) is 10.5 Å². The number of nitrogens with one attached hydrogen (secondary N) is 2. The zero-order valence-electron chi connectivity index (χ0n) is 21.2. The maximum Gasteiger partial charge on any atom is 0.325 e. The van der Waals surface area contributed by atoms with Crippen molar-refractivity contribution in [2.45, 2.75) is 56.6 Å². The summed E-state index contributed by atoms with van der Waals surface area (Å²) in [6.07, 6.45) is 2.34. The van der Waals surface area contributed by atoms with Gasteiger partial charge < -0.3 is 15.4 Å². The molecular formula is C26H32N4O6S.